The lowest BCUT2D eigenvalue weighted by Crippen LogP contribution is -2.30. The Balaban J connectivity index is 1.75. The number of allylic oxidation sites excluding steroid dienone is 1. The van der Waals surface area contributed by atoms with Crippen molar-refractivity contribution in [3.63, 3.8) is 0 Å². The third-order valence-corrected chi connectivity index (χ3v) is 5.86. The predicted molar refractivity (Wildman–Crippen MR) is 125 cm³/mol. The molecule has 0 radical (unpaired) electrons. The molecule has 4 rings (SSSR count). The molecule has 1 amide bonds. The topological polar surface area (TPSA) is 64.9 Å². The van der Waals surface area contributed by atoms with Crippen molar-refractivity contribution in [2.75, 3.05) is 0 Å². The summed E-state index contributed by atoms with van der Waals surface area (Å²) in [4.78, 5) is 19.3. The average Bonchev–Trinajstić information content (AvgIpc) is 3.30. The van der Waals surface area contributed by atoms with E-state index in [4.69, 9.17) is 4.99 Å². The molecule has 2 aromatic carbocycles. The van der Waals surface area contributed by atoms with Crippen LogP contribution in [0.3, 0.4) is 0 Å². The van der Waals surface area contributed by atoms with Crippen LogP contribution in [0.25, 0.3) is 5.70 Å². The number of phenols is 1. The van der Waals surface area contributed by atoms with E-state index < -0.39 is 11.6 Å². The SMILES string of the molecule is CC(Cc1cccs1)=NC1=C(Cc2ccccc2)NC(c2cccc(O)c2F)=CN1C=O. The number of hydrogen-bond acceptors (Lipinski definition) is 5. The maximum atomic E-state index is 14.6. The van der Waals surface area contributed by atoms with E-state index in [9.17, 15) is 14.3 Å². The first kappa shape index (κ1) is 21.5. The van der Waals surface area contributed by atoms with Gasteiger partial charge in [-0.25, -0.2) is 9.38 Å². The molecule has 1 aromatic heterocycles. The molecule has 0 aliphatic carbocycles. The minimum absolute atomic E-state index is 0.167. The number of nitrogens with one attached hydrogen (secondary N) is 1. The van der Waals surface area contributed by atoms with Gasteiger partial charge in [0.15, 0.2) is 17.4 Å². The number of benzene rings is 2. The van der Waals surface area contributed by atoms with Crippen LogP contribution in [0.5, 0.6) is 5.75 Å². The fraction of sp³-hybridized carbons (Fsp3) is 0.120. The molecule has 162 valence electrons. The minimum atomic E-state index is -0.753. The van der Waals surface area contributed by atoms with Gasteiger partial charge in [0.05, 0.1) is 11.4 Å². The number of nitrogens with zero attached hydrogens (tertiary/aromatic N) is 2. The summed E-state index contributed by atoms with van der Waals surface area (Å²) in [6, 6.07) is 18.2. The number of thiophene rings is 1. The van der Waals surface area contributed by atoms with E-state index in [1.54, 1.807) is 23.5 Å². The van der Waals surface area contributed by atoms with Crippen LogP contribution in [0.2, 0.25) is 0 Å². The zero-order valence-corrected chi connectivity index (χ0v) is 18.3. The summed E-state index contributed by atoms with van der Waals surface area (Å²) in [6.07, 6.45) is 3.29. The summed E-state index contributed by atoms with van der Waals surface area (Å²) in [5, 5.41) is 15.1. The molecule has 0 saturated carbocycles. The van der Waals surface area contributed by atoms with Crippen LogP contribution in [0.15, 0.2) is 88.8 Å². The van der Waals surface area contributed by atoms with E-state index >= 15 is 0 Å². The summed E-state index contributed by atoms with van der Waals surface area (Å²) < 4.78 is 14.6. The van der Waals surface area contributed by atoms with Crippen molar-refractivity contribution in [3.05, 3.63) is 106 Å². The summed E-state index contributed by atoms with van der Waals surface area (Å²) in [6.45, 7) is 1.92. The van der Waals surface area contributed by atoms with Gasteiger partial charge in [-0.1, -0.05) is 42.5 Å². The molecule has 1 aliphatic rings. The van der Waals surface area contributed by atoms with E-state index in [-0.39, 0.29) is 5.56 Å². The van der Waals surface area contributed by atoms with Crippen LogP contribution in [-0.2, 0) is 17.6 Å². The second-order valence-corrected chi connectivity index (χ2v) is 8.42. The van der Waals surface area contributed by atoms with Gasteiger partial charge in [0.25, 0.3) is 0 Å². The van der Waals surface area contributed by atoms with Crippen LogP contribution in [-0.4, -0.2) is 22.1 Å². The third kappa shape index (κ3) is 4.78. The summed E-state index contributed by atoms with van der Waals surface area (Å²) in [5.41, 5.74) is 3.06. The van der Waals surface area contributed by atoms with Crippen LogP contribution in [0.4, 0.5) is 4.39 Å². The van der Waals surface area contributed by atoms with Gasteiger partial charge in [0, 0.05) is 35.2 Å². The van der Waals surface area contributed by atoms with Crippen LogP contribution < -0.4 is 5.32 Å². The van der Waals surface area contributed by atoms with E-state index in [2.05, 4.69) is 5.32 Å². The predicted octanol–water partition coefficient (Wildman–Crippen LogP) is 5.07. The molecule has 0 saturated heterocycles. The Morgan fingerprint density at radius 2 is 1.97 bits per heavy atom. The number of carbonyl (C=O) groups is 1. The van der Waals surface area contributed by atoms with Crippen molar-refractivity contribution < 1.29 is 14.3 Å². The maximum Gasteiger partial charge on any atom is 0.219 e. The van der Waals surface area contributed by atoms with Gasteiger partial charge in [-0.15, -0.1) is 11.3 Å². The average molecular weight is 448 g/mol. The molecule has 1 aliphatic heterocycles. The first-order valence-electron chi connectivity index (χ1n) is 10.1. The lowest BCUT2D eigenvalue weighted by Gasteiger charge is -2.28. The minimum Gasteiger partial charge on any atom is -0.505 e. The number of carbonyl (C=O) groups excluding carboxylic acids is 1. The van der Waals surface area contributed by atoms with Gasteiger partial charge in [0.1, 0.15) is 0 Å². The lowest BCUT2D eigenvalue weighted by atomic mass is 10.1. The van der Waals surface area contributed by atoms with Crippen molar-refractivity contribution >= 4 is 29.2 Å². The Bertz CT molecular complexity index is 1200. The molecule has 7 heteroatoms. The molecule has 0 fully saturated rings. The van der Waals surface area contributed by atoms with Crippen LogP contribution >= 0.6 is 11.3 Å². The highest BCUT2D eigenvalue weighted by Crippen LogP contribution is 2.29. The van der Waals surface area contributed by atoms with Gasteiger partial charge in [0.2, 0.25) is 6.41 Å². The highest BCUT2D eigenvalue weighted by atomic mass is 32.1. The van der Waals surface area contributed by atoms with E-state index in [0.29, 0.717) is 36.5 Å². The van der Waals surface area contributed by atoms with Gasteiger partial charge in [-0.05, 0) is 36.1 Å². The fourth-order valence-electron chi connectivity index (χ4n) is 3.49. The molecule has 2 N–H and O–H groups in total. The maximum absolute atomic E-state index is 14.6. The number of hydrogen-bond donors (Lipinski definition) is 2. The normalized spacial score (nSPS) is 14.2. The Hall–Kier alpha value is -3.71. The molecule has 2 heterocycles. The van der Waals surface area contributed by atoms with Crippen LogP contribution in [0, 0.1) is 5.82 Å². The number of amides is 1. The first-order chi connectivity index (χ1) is 15.5. The number of phenolic OH excluding ortho intramolecular Hbond substituents is 1. The third-order valence-electron chi connectivity index (χ3n) is 4.98. The van der Waals surface area contributed by atoms with Crippen molar-refractivity contribution in [3.8, 4) is 5.75 Å². The van der Waals surface area contributed by atoms with Crippen molar-refractivity contribution in [2.45, 2.75) is 19.8 Å². The molecule has 5 nitrogen and oxygen atoms in total. The molecular weight excluding hydrogens is 425 g/mol. The zero-order valence-electron chi connectivity index (χ0n) is 17.5. The van der Waals surface area contributed by atoms with E-state index in [0.717, 1.165) is 11.3 Å². The highest BCUT2D eigenvalue weighted by molar-refractivity contribution is 7.10. The molecule has 0 bridgehead atoms. The molecule has 3 aromatic rings. The zero-order chi connectivity index (χ0) is 22.5. The number of aromatic hydroxyl groups is 1. The number of halogens is 1. The Morgan fingerprint density at radius 1 is 1.16 bits per heavy atom. The highest BCUT2D eigenvalue weighted by Gasteiger charge is 2.23. The van der Waals surface area contributed by atoms with Gasteiger partial charge in [-0.2, -0.15) is 0 Å². The summed E-state index contributed by atoms with van der Waals surface area (Å²) in [5.74, 6) is -0.744. The summed E-state index contributed by atoms with van der Waals surface area (Å²) >= 11 is 1.65. The van der Waals surface area contributed by atoms with Gasteiger partial charge >= 0.3 is 0 Å². The van der Waals surface area contributed by atoms with Crippen molar-refractivity contribution in [1.29, 1.82) is 0 Å². The van der Waals surface area contributed by atoms with Crippen LogP contribution in [0.1, 0.15) is 22.9 Å². The summed E-state index contributed by atoms with van der Waals surface area (Å²) in [7, 11) is 0. The van der Waals surface area contributed by atoms with E-state index in [1.807, 2.05) is 54.8 Å². The van der Waals surface area contributed by atoms with E-state index in [1.165, 1.54) is 22.0 Å². The standard InChI is InChI=1S/C25H22FN3O2S/c1-17(13-19-9-6-12-32-19)27-25-21(14-18-7-3-2-4-8-18)28-22(15-29(25)16-30)20-10-5-11-23(31)24(20)26/h2-12,15-16,28,31H,13-14H2,1H3. The van der Waals surface area contributed by atoms with Gasteiger partial charge < -0.3 is 10.4 Å². The molecule has 0 atom stereocenters. The van der Waals surface area contributed by atoms with Crippen molar-refractivity contribution in [2.24, 2.45) is 4.99 Å². The first-order valence-corrected chi connectivity index (χ1v) is 11.0. The second kappa shape index (κ2) is 9.62. The largest absolute Gasteiger partial charge is 0.505 e. The molecular formula is C25H22FN3O2S. The Morgan fingerprint density at radius 3 is 2.69 bits per heavy atom. The van der Waals surface area contributed by atoms with Gasteiger partial charge in [-0.3, -0.25) is 9.69 Å². The Labute approximate surface area is 189 Å². The quantitative estimate of drug-likeness (QED) is 0.393. The second-order valence-electron chi connectivity index (χ2n) is 7.39. The molecule has 32 heavy (non-hydrogen) atoms. The fourth-order valence-corrected chi connectivity index (χ4v) is 4.27. The lowest BCUT2D eigenvalue weighted by molar-refractivity contribution is -0.114. The monoisotopic (exact) mass is 447 g/mol. The molecule has 0 unspecified atom stereocenters. The van der Waals surface area contributed by atoms with Crippen molar-refractivity contribution in [1.82, 2.24) is 10.2 Å². The Kier molecular flexibility index (Phi) is 6.47. The number of aliphatic imine (C=N–C) groups is 1. The molecule has 0 spiro atoms. The smallest absolute Gasteiger partial charge is 0.219 e. The number of rotatable bonds is 7.